The molecule has 60 valence electrons. The third-order valence-electron chi connectivity index (χ3n) is 1.34. The van der Waals surface area contributed by atoms with Gasteiger partial charge in [0.2, 0.25) is 5.88 Å². The van der Waals surface area contributed by atoms with Crippen LogP contribution in [0.5, 0.6) is 0 Å². The first kappa shape index (κ1) is 7.59. The van der Waals surface area contributed by atoms with Crippen LogP contribution >= 0.6 is 0 Å². The number of amides is 1. The minimum absolute atomic E-state index is 0.0573. The predicted molar refractivity (Wildman–Crippen MR) is 39.0 cm³/mol. The maximum absolute atomic E-state index is 11.0. The fraction of sp³-hybridized carbons (Fsp3) is 0.333. The Morgan fingerprint density at radius 1 is 1.73 bits per heavy atom. The predicted octanol–water partition coefficient (Wildman–Crippen LogP) is -0.0752. The van der Waals surface area contributed by atoms with Gasteiger partial charge in [0.1, 0.15) is 5.56 Å². The number of hydrogen-bond donors (Lipinski definition) is 2. The summed E-state index contributed by atoms with van der Waals surface area (Å²) in [5, 5.41) is 5.95. The molecule has 0 bridgehead atoms. The average molecular weight is 155 g/mol. The summed E-state index contributed by atoms with van der Waals surface area (Å²) in [6.07, 6.45) is 0. The highest BCUT2D eigenvalue weighted by Crippen LogP contribution is 2.14. The minimum Gasteiger partial charge on any atom is -0.367 e. The van der Waals surface area contributed by atoms with Gasteiger partial charge in [-0.15, -0.1) is 0 Å². The van der Waals surface area contributed by atoms with Gasteiger partial charge in [0, 0.05) is 7.05 Å². The number of aryl methyl sites for hydroxylation is 1. The van der Waals surface area contributed by atoms with Gasteiger partial charge in [0.25, 0.3) is 5.91 Å². The Balaban J connectivity index is 3.10. The van der Waals surface area contributed by atoms with Crippen molar-refractivity contribution in [3.8, 4) is 0 Å². The number of anilines is 1. The number of carbonyl (C=O) groups excluding carboxylic acids is 1. The van der Waals surface area contributed by atoms with Crippen molar-refractivity contribution in [1.82, 2.24) is 10.5 Å². The van der Waals surface area contributed by atoms with E-state index in [4.69, 9.17) is 5.73 Å². The third-order valence-corrected chi connectivity index (χ3v) is 1.34. The summed E-state index contributed by atoms with van der Waals surface area (Å²) in [6.45, 7) is 1.66. The van der Waals surface area contributed by atoms with E-state index in [0.29, 0.717) is 11.3 Å². The van der Waals surface area contributed by atoms with Crippen LogP contribution in [-0.2, 0) is 0 Å². The van der Waals surface area contributed by atoms with E-state index in [1.54, 1.807) is 6.92 Å². The van der Waals surface area contributed by atoms with Gasteiger partial charge in [-0.25, -0.2) is 0 Å². The lowest BCUT2D eigenvalue weighted by atomic mass is 10.2. The van der Waals surface area contributed by atoms with Crippen LogP contribution in [0.15, 0.2) is 4.52 Å². The van der Waals surface area contributed by atoms with Gasteiger partial charge in [-0.05, 0) is 6.92 Å². The zero-order chi connectivity index (χ0) is 8.43. The fourth-order valence-corrected chi connectivity index (χ4v) is 0.788. The monoisotopic (exact) mass is 155 g/mol. The van der Waals surface area contributed by atoms with Gasteiger partial charge in [-0.3, -0.25) is 4.79 Å². The van der Waals surface area contributed by atoms with E-state index in [9.17, 15) is 4.79 Å². The Hall–Kier alpha value is -1.52. The molecule has 5 nitrogen and oxygen atoms in total. The lowest BCUT2D eigenvalue weighted by Gasteiger charge is -1.94. The molecule has 0 radical (unpaired) electrons. The highest BCUT2D eigenvalue weighted by molar-refractivity contribution is 5.98. The van der Waals surface area contributed by atoms with Crippen LogP contribution in [-0.4, -0.2) is 18.1 Å². The number of carbonyl (C=O) groups is 1. The van der Waals surface area contributed by atoms with Crippen molar-refractivity contribution in [1.29, 1.82) is 0 Å². The second-order valence-electron chi connectivity index (χ2n) is 2.09. The Morgan fingerprint density at radius 3 is 2.73 bits per heavy atom. The van der Waals surface area contributed by atoms with Gasteiger partial charge < -0.3 is 15.6 Å². The van der Waals surface area contributed by atoms with E-state index in [2.05, 4.69) is 15.0 Å². The van der Waals surface area contributed by atoms with Crippen LogP contribution < -0.4 is 11.1 Å². The van der Waals surface area contributed by atoms with Crippen molar-refractivity contribution in [2.75, 3.05) is 12.8 Å². The summed E-state index contributed by atoms with van der Waals surface area (Å²) < 4.78 is 4.59. The maximum atomic E-state index is 11.0. The van der Waals surface area contributed by atoms with Crippen LogP contribution in [0, 0.1) is 6.92 Å². The normalized spacial score (nSPS) is 9.64. The number of rotatable bonds is 1. The smallest absolute Gasteiger partial charge is 0.258 e. The molecule has 0 atom stereocenters. The average Bonchev–Trinajstić information content (AvgIpc) is 2.30. The molecule has 0 saturated heterocycles. The molecule has 1 heterocycles. The number of nitrogens with one attached hydrogen (secondary N) is 1. The van der Waals surface area contributed by atoms with E-state index in [-0.39, 0.29) is 11.8 Å². The summed E-state index contributed by atoms with van der Waals surface area (Å²) in [6, 6.07) is 0. The Morgan fingerprint density at radius 2 is 2.36 bits per heavy atom. The van der Waals surface area contributed by atoms with Gasteiger partial charge in [-0.2, -0.15) is 0 Å². The molecule has 11 heavy (non-hydrogen) atoms. The Labute approximate surface area is 63.5 Å². The van der Waals surface area contributed by atoms with Crippen molar-refractivity contribution in [3.05, 3.63) is 11.3 Å². The summed E-state index contributed by atoms with van der Waals surface area (Å²) in [5.74, 6) is -0.219. The molecular weight excluding hydrogens is 146 g/mol. The molecule has 0 aliphatic carbocycles. The highest BCUT2D eigenvalue weighted by Gasteiger charge is 2.16. The molecule has 1 amide bonds. The summed E-state index contributed by atoms with van der Waals surface area (Å²) in [5.41, 5.74) is 6.14. The second kappa shape index (κ2) is 2.61. The van der Waals surface area contributed by atoms with Crippen LogP contribution in [0.1, 0.15) is 16.1 Å². The van der Waals surface area contributed by atoms with E-state index in [1.165, 1.54) is 7.05 Å². The largest absolute Gasteiger partial charge is 0.367 e. The van der Waals surface area contributed by atoms with Crippen LogP contribution in [0.2, 0.25) is 0 Å². The maximum Gasteiger partial charge on any atom is 0.258 e. The molecule has 0 aliphatic rings. The third kappa shape index (κ3) is 1.17. The lowest BCUT2D eigenvalue weighted by Crippen LogP contribution is -2.19. The summed E-state index contributed by atoms with van der Waals surface area (Å²) in [7, 11) is 1.52. The van der Waals surface area contributed by atoms with Gasteiger partial charge in [-0.1, -0.05) is 5.16 Å². The van der Waals surface area contributed by atoms with E-state index >= 15 is 0 Å². The zero-order valence-electron chi connectivity index (χ0n) is 6.34. The summed E-state index contributed by atoms with van der Waals surface area (Å²) in [4.78, 5) is 11.0. The van der Waals surface area contributed by atoms with Gasteiger partial charge in [0.05, 0.1) is 5.69 Å². The fourth-order valence-electron chi connectivity index (χ4n) is 0.788. The standard InChI is InChI=1S/C6H9N3O2/c1-3-4(6(10)8-2)5(7)11-9-3/h7H2,1-2H3,(H,8,10). The summed E-state index contributed by atoms with van der Waals surface area (Å²) >= 11 is 0. The first-order valence-electron chi connectivity index (χ1n) is 3.10. The first-order valence-corrected chi connectivity index (χ1v) is 3.10. The number of nitrogen functional groups attached to an aromatic ring is 1. The molecule has 0 saturated carbocycles. The van der Waals surface area contributed by atoms with Gasteiger partial charge >= 0.3 is 0 Å². The first-order chi connectivity index (χ1) is 5.16. The number of hydrogen-bond acceptors (Lipinski definition) is 4. The molecule has 0 spiro atoms. The molecule has 0 fully saturated rings. The lowest BCUT2D eigenvalue weighted by molar-refractivity contribution is 0.0963. The second-order valence-corrected chi connectivity index (χ2v) is 2.09. The SMILES string of the molecule is CNC(=O)c1c(C)noc1N. The molecule has 5 heteroatoms. The van der Waals surface area contributed by atoms with Gasteiger partial charge in [0.15, 0.2) is 0 Å². The van der Waals surface area contributed by atoms with Crippen LogP contribution in [0.25, 0.3) is 0 Å². The molecule has 0 aliphatic heterocycles. The number of aromatic nitrogens is 1. The Bertz CT molecular complexity index is 260. The minimum atomic E-state index is -0.277. The van der Waals surface area contributed by atoms with Crippen LogP contribution in [0.4, 0.5) is 5.88 Å². The molecule has 0 aromatic carbocycles. The molecular formula is C6H9N3O2. The molecule has 3 N–H and O–H groups in total. The molecule has 1 aromatic rings. The molecule has 1 aromatic heterocycles. The van der Waals surface area contributed by atoms with E-state index in [1.807, 2.05) is 0 Å². The highest BCUT2D eigenvalue weighted by atomic mass is 16.5. The van der Waals surface area contributed by atoms with E-state index in [0.717, 1.165) is 0 Å². The quantitative estimate of drug-likeness (QED) is 0.594. The number of nitrogens with zero attached hydrogens (tertiary/aromatic N) is 1. The van der Waals surface area contributed by atoms with Crippen molar-refractivity contribution in [2.45, 2.75) is 6.92 Å². The number of nitrogens with two attached hydrogens (primary N) is 1. The van der Waals surface area contributed by atoms with Crippen molar-refractivity contribution in [2.24, 2.45) is 0 Å². The topological polar surface area (TPSA) is 81.2 Å². The zero-order valence-corrected chi connectivity index (χ0v) is 6.34. The van der Waals surface area contributed by atoms with Crippen molar-refractivity contribution < 1.29 is 9.32 Å². The Kier molecular flexibility index (Phi) is 1.80. The van der Waals surface area contributed by atoms with E-state index < -0.39 is 0 Å². The molecule has 1 rings (SSSR count). The van der Waals surface area contributed by atoms with Crippen molar-refractivity contribution in [3.63, 3.8) is 0 Å². The molecule has 0 unspecified atom stereocenters. The van der Waals surface area contributed by atoms with Crippen LogP contribution in [0.3, 0.4) is 0 Å². The van der Waals surface area contributed by atoms with Crippen molar-refractivity contribution >= 4 is 11.8 Å².